The topological polar surface area (TPSA) is 119 Å². The third-order valence-corrected chi connectivity index (χ3v) is 8.30. The Bertz CT molecular complexity index is 1610. The predicted molar refractivity (Wildman–Crippen MR) is 148 cm³/mol. The quantitative estimate of drug-likeness (QED) is 0.231. The van der Waals surface area contributed by atoms with Crippen LogP contribution in [0.15, 0.2) is 53.9 Å². The van der Waals surface area contributed by atoms with E-state index < -0.39 is 41.7 Å². The van der Waals surface area contributed by atoms with Crippen molar-refractivity contribution in [3.63, 3.8) is 0 Å². The highest BCUT2D eigenvalue weighted by molar-refractivity contribution is 7.13. The highest BCUT2D eigenvalue weighted by Gasteiger charge is 2.41. The minimum absolute atomic E-state index is 0.00653. The first kappa shape index (κ1) is 29.5. The molecule has 42 heavy (non-hydrogen) atoms. The fraction of sp³-hybridized carbons (Fsp3) is 0.333. The molecule has 2 aromatic heterocycles. The van der Waals surface area contributed by atoms with Crippen LogP contribution >= 0.6 is 11.3 Å². The summed E-state index contributed by atoms with van der Waals surface area (Å²) in [6.45, 7) is 1.49. The fourth-order valence-corrected chi connectivity index (χ4v) is 5.94. The van der Waals surface area contributed by atoms with E-state index in [1.54, 1.807) is 31.2 Å². The molecule has 1 fully saturated rings. The van der Waals surface area contributed by atoms with Gasteiger partial charge in [-0.15, -0.1) is 11.3 Å². The number of aliphatic hydroxyl groups is 1. The summed E-state index contributed by atoms with van der Waals surface area (Å²) in [4.78, 5) is 33.4. The Labute approximate surface area is 242 Å². The number of pyridine rings is 1. The highest BCUT2D eigenvalue weighted by Crippen LogP contribution is 2.39. The molecule has 2 heterocycles. The van der Waals surface area contributed by atoms with Gasteiger partial charge in [0.1, 0.15) is 23.1 Å². The van der Waals surface area contributed by atoms with Crippen molar-refractivity contribution in [2.45, 2.75) is 51.7 Å². The smallest absolute Gasteiger partial charge is 0.434 e. The van der Waals surface area contributed by atoms with Gasteiger partial charge in [-0.2, -0.15) is 13.2 Å². The molecule has 0 saturated heterocycles. The van der Waals surface area contributed by atoms with Gasteiger partial charge in [0, 0.05) is 16.8 Å². The maximum absolute atomic E-state index is 13.3. The molecule has 0 radical (unpaired) electrons. The Morgan fingerprint density at radius 1 is 1.07 bits per heavy atom. The number of aryl methyl sites for hydroxylation is 1. The molecule has 5 rings (SSSR count). The number of hydrogen-bond acceptors (Lipinski definition) is 8. The van der Waals surface area contributed by atoms with Gasteiger partial charge in [0.15, 0.2) is 5.69 Å². The normalized spacial score (nSPS) is 19.0. The molecule has 1 aliphatic rings. The Hall–Kier alpha value is -4.03. The van der Waals surface area contributed by atoms with E-state index >= 15 is 0 Å². The number of thiazole rings is 1. The van der Waals surface area contributed by atoms with Gasteiger partial charge in [0.25, 0.3) is 0 Å². The number of aliphatic carboxylic acids is 1. The number of benzene rings is 2. The third-order valence-electron chi connectivity index (χ3n) is 7.43. The number of esters is 1. The highest BCUT2D eigenvalue weighted by atomic mass is 32.1. The van der Waals surface area contributed by atoms with Gasteiger partial charge in [-0.3, -0.25) is 9.59 Å². The van der Waals surface area contributed by atoms with Crippen molar-refractivity contribution >= 4 is 34.2 Å². The number of alkyl halides is 3. The van der Waals surface area contributed by atoms with Gasteiger partial charge in [0.2, 0.25) is 0 Å². The number of ether oxygens (including phenoxy) is 2. The number of rotatable bonds is 8. The minimum Gasteiger partial charge on any atom is -0.490 e. The fourth-order valence-electron chi connectivity index (χ4n) is 5.15. The molecule has 4 aromatic rings. The molecule has 2 aromatic carbocycles. The lowest BCUT2D eigenvalue weighted by molar-refractivity contribution is -0.162. The summed E-state index contributed by atoms with van der Waals surface area (Å²) in [5.41, 5.74) is 1.55. The van der Waals surface area contributed by atoms with E-state index in [4.69, 9.17) is 9.47 Å². The lowest BCUT2D eigenvalue weighted by Gasteiger charge is -2.33. The van der Waals surface area contributed by atoms with Crippen molar-refractivity contribution in [2.24, 2.45) is 11.8 Å². The first-order valence-corrected chi connectivity index (χ1v) is 14.1. The SMILES string of the molecule is Cc1c(CO)ccc2c(O[C@H]3CC[C@@H](C(=O)O)[C@H](C(=O)OCc4ccccc4)C3)cc(-c3nc(C(F)(F)F)cs3)nc12. The molecular formula is C30H27F3N2O6S. The number of fused-ring (bicyclic) bond motifs is 1. The molecule has 1 saturated carbocycles. The Morgan fingerprint density at radius 3 is 2.50 bits per heavy atom. The van der Waals surface area contributed by atoms with E-state index in [9.17, 15) is 33.0 Å². The Kier molecular flexibility index (Phi) is 8.46. The van der Waals surface area contributed by atoms with Crippen LogP contribution in [0.2, 0.25) is 0 Å². The van der Waals surface area contributed by atoms with Crippen LogP contribution in [-0.2, 0) is 33.7 Å². The number of hydrogen-bond donors (Lipinski definition) is 2. The van der Waals surface area contributed by atoms with E-state index in [0.717, 1.165) is 22.3 Å². The van der Waals surface area contributed by atoms with E-state index in [1.165, 1.54) is 6.07 Å². The minimum atomic E-state index is -4.61. The number of halogens is 3. The molecule has 8 nitrogen and oxygen atoms in total. The average molecular weight is 601 g/mol. The second-order valence-electron chi connectivity index (χ2n) is 10.1. The maximum atomic E-state index is 13.3. The van der Waals surface area contributed by atoms with Gasteiger partial charge < -0.3 is 19.7 Å². The monoisotopic (exact) mass is 600 g/mol. The van der Waals surface area contributed by atoms with Gasteiger partial charge in [-0.25, -0.2) is 9.97 Å². The molecule has 0 amide bonds. The zero-order valence-electron chi connectivity index (χ0n) is 22.4. The van der Waals surface area contributed by atoms with Crippen LogP contribution in [0.1, 0.15) is 41.6 Å². The number of carbonyl (C=O) groups excluding carboxylic acids is 1. The zero-order valence-corrected chi connectivity index (χ0v) is 23.2. The molecule has 2 N–H and O–H groups in total. The van der Waals surface area contributed by atoms with Gasteiger partial charge in [0.05, 0.1) is 30.1 Å². The molecule has 0 aliphatic heterocycles. The van der Waals surface area contributed by atoms with Gasteiger partial charge >= 0.3 is 18.1 Å². The molecule has 3 atom stereocenters. The van der Waals surface area contributed by atoms with Gasteiger partial charge in [-0.1, -0.05) is 36.4 Å². The van der Waals surface area contributed by atoms with Crippen LogP contribution in [0.25, 0.3) is 21.6 Å². The van der Waals surface area contributed by atoms with E-state index in [1.807, 2.05) is 18.2 Å². The van der Waals surface area contributed by atoms with E-state index in [0.29, 0.717) is 34.2 Å². The summed E-state index contributed by atoms with van der Waals surface area (Å²) in [7, 11) is 0. The predicted octanol–water partition coefficient (Wildman–Crippen LogP) is 6.17. The molecule has 12 heteroatoms. The van der Waals surface area contributed by atoms with Crippen LogP contribution in [0.3, 0.4) is 0 Å². The maximum Gasteiger partial charge on any atom is 0.434 e. The molecule has 0 bridgehead atoms. The second kappa shape index (κ2) is 12.1. The number of carboxylic acids is 1. The van der Waals surface area contributed by atoms with Crippen LogP contribution in [0.4, 0.5) is 13.2 Å². The number of aromatic nitrogens is 2. The lowest BCUT2D eigenvalue weighted by Crippen LogP contribution is -2.40. The summed E-state index contributed by atoms with van der Waals surface area (Å²) in [6, 6.07) is 14.0. The first-order chi connectivity index (χ1) is 20.0. The number of carboxylic acid groups (broad SMARTS) is 1. The standard InChI is InChI=1S/C30H27F3N2O6S/c1-16-18(13-36)7-9-21-24(12-23(34-26(16)21)27-35-25(15-42-27)30(31,32)33)41-19-8-10-20(28(37)38)22(11-19)29(39)40-14-17-5-3-2-4-6-17/h2-7,9,12,15,19-20,22,36H,8,10-11,13-14H2,1H3,(H,37,38)/t19-,20+,22+/m0/s1. The summed E-state index contributed by atoms with van der Waals surface area (Å²) in [5, 5.41) is 21.1. The summed E-state index contributed by atoms with van der Waals surface area (Å²) < 4.78 is 51.6. The van der Waals surface area contributed by atoms with Crippen molar-refractivity contribution in [3.05, 3.63) is 76.3 Å². The van der Waals surface area contributed by atoms with Crippen molar-refractivity contribution < 1.29 is 42.4 Å². The molecular weight excluding hydrogens is 573 g/mol. The third kappa shape index (κ3) is 6.24. The van der Waals surface area contributed by atoms with Crippen molar-refractivity contribution in [1.29, 1.82) is 0 Å². The summed E-state index contributed by atoms with van der Waals surface area (Å²) in [6.07, 6.45) is -4.60. The molecule has 220 valence electrons. The van der Waals surface area contributed by atoms with Gasteiger partial charge in [-0.05, 0) is 48.9 Å². The van der Waals surface area contributed by atoms with E-state index in [2.05, 4.69) is 9.97 Å². The Balaban J connectivity index is 1.45. The molecule has 1 aliphatic carbocycles. The summed E-state index contributed by atoms with van der Waals surface area (Å²) in [5.74, 6) is -3.31. The molecule has 0 unspecified atom stereocenters. The second-order valence-corrected chi connectivity index (χ2v) is 11.0. The van der Waals surface area contributed by atoms with Crippen molar-refractivity contribution in [1.82, 2.24) is 9.97 Å². The number of carbonyl (C=O) groups is 2. The van der Waals surface area contributed by atoms with Crippen molar-refractivity contribution in [2.75, 3.05) is 0 Å². The van der Waals surface area contributed by atoms with Crippen LogP contribution in [0, 0.1) is 18.8 Å². The van der Waals surface area contributed by atoms with Crippen LogP contribution < -0.4 is 4.74 Å². The zero-order chi connectivity index (χ0) is 30.0. The first-order valence-electron chi connectivity index (χ1n) is 13.2. The van der Waals surface area contributed by atoms with Crippen LogP contribution in [-0.4, -0.2) is 38.2 Å². The average Bonchev–Trinajstić information content (AvgIpc) is 3.48. The van der Waals surface area contributed by atoms with Crippen molar-refractivity contribution in [3.8, 4) is 16.5 Å². The number of aliphatic hydroxyl groups excluding tert-OH is 1. The Morgan fingerprint density at radius 2 is 1.83 bits per heavy atom. The summed E-state index contributed by atoms with van der Waals surface area (Å²) >= 11 is 0.795. The number of nitrogens with zero attached hydrogens (tertiary/aromatic N) is 2. The van der Waals surface area contributed by atoms with E-state index in [-0.39, 0.29) is 36.8 Å². The largest absolute Gasteiger partial charge is 0.490 e. The lowest BCUT2D eigenvalue weighted by atomic mass is 9.78. The molecule has 0 spiro atoms. The van der Waals surface area contributed by atoms with Crippen LogP contribution in [0.5, 0.6) is 5.75 Å².